The van der Waals surface area contributed by atoms with Gasteiger partial charge < -0.3 is 14.2 Å². The Labute approximate surface area is 66.6 Å². The zero-order valence-electron chi connectivity index (χ0n) is 6.67. The van der Waals surface area contributed by atoms with Crippen molar-refractivity contribution in [2.45, 2.75) is 24.9 Å². The maximum absolute atomic E-state index is 5.60. The van der Waals surface area contributed by atoms with Gasteiger partial charge in [0.25, 0.3) is 0 Å². The normalized spacial score (nSPS) is 30.5. The summed E-state index contributed by atoms with van der Waals surface area (Å²) in [5, 5.41) is 0. The summed E-state index contributed by atoms with van der Waals surface area (Å²) >= 11 is 0. The van der Waals surface area contributed by atoms with E-state index < -0.39 is 0 Å². The lowest BCUT2D eigenvalue weighted by Crippen LogP contribution is -2.43. The lowest BCUT2D eigenvalue weighted by Gasteiger charge is -2.39. The largest absolute Gasteiger partial charge is 0.381 e. The molecule has 0 unspecified atom stereocenters. The molecule has 2 fully saturated rings. The topological polar surface area (TPSA) is 27.7 Å². The van der Waals surface area contributed by atoms with Gasteiger partial charge in [0.1, 0.15) is 6.79 Å². The van der Waals surface area contributed by atoms with Crippen molar-refractivity contribution < 1.29 is 14.2 Å². The smallest absolute Gasteiger partial charge is 0.147 e. The van der Waals surface area contributed by atoms with Crippen LogP contribution < -0.4 is 0 Å². The van der Waals surface area contributed by atoms with Crippen molar-refractivity contribution in [3.63, 3.8) is 0 Å². The monoisotopic (exact) mass is 158 g/mol. The van der Waals surface area contributed by atoms with Crippen molar-refractivity contribution in [1.82, 2.24) is 0 Å². The highest BCUT2D eigenvalue weighted by Crippen LogP contribution is 2.30. The van der Waals surface area contributed by atoms with E-state index in [0.29, 0.717) is 6.79 Å². The predicted octanol–water partition coefficient (Wildman–Crippen LogP) is 0.930. The Bertz CT molecular complexity index is 104. The van der Waals surface area contributed by atoms with Crippen molar-refractivity contribution >= 4 is 0 Å². The van der Waals surface area contributed by atoms with Gasteiger partial charge in [0.15, 0.2) is 0 Å². The Balaban J connectivity index is 1.94. The van der Waals surface area contributed by atoms with Gasteiger partial charge in [-0.25, -0.2) is 0 Å². The summed E-state index contributed by atoms with van der Waals surface area (Å²) in [6.45, 7) is 3.01. The van der Waals surface area contributed by atoms with Crippen LogP contribution >= 0.6 is 0 Å². The van der Waals surface area contributed by atoms with Crippen LogP contribution in [0.2, 0.25) is 0 Å². The third-order valence-corrected chi connectivity index (χ3v) is 2.55. The average molecular weight is 158 g/mol. The zero-order valence-corrected chi connectivity index (χ0v) is 6.67. The molecule has 3 heteroatoms. The Morgan fingerprint density at radius 2 is 1.45 bits per heavy atom. The number of rotatable bonds is 0. The summed E-state index contributed by atoms with van der Waals surface area (Å²) in [7, 11) is 0. The molecule has 2 heterocycles. The predicted molar refractivity (Wildman–Crippen MR) is 39.3 cm³/mol. The Kier molecular flexibility index (Phi) is 2.11. The summed E-state index contributed by atoms with van der Waals surface area (Å²) in [5.74, 6) is 0. The van der Waals surface area contributed by atoms with E-state index in [1.54, 1.807) is 0 Å². The molecule has 3 nitrogen and oxygen atoms in total. The van der Waals surface area contributed by atoms with Crippen LogP contribution in [0, 0.1) is 0 Å². The van der Waals surface area contributed by atoms with Crippen LogP contribution in [0.4, 0.5) is 0 Å². The first kappa shape index (κ1) is 7.53. The Hall–Kier alpha value is -0.120. The fourth-order valence-corrected chi connectivity index (χ4v) is 1.69. The minimum Gasteiger partial charge on any atom is -0.381 e. The summed E-state index contributed by atoms with van der Waals surface area (Å²) in [5.41, 5.74) is 0.108. The highest BCUT2D eigenvalue weighted by Gasteiger charge is 2.35. The van der Waals surface area contributed by atoms with Crippen molar-refractivity contribution in [2.75, 3.05) is 26.6 Å². The zero-order chi connectivity index (χ0) is 7.57. The van der Waals surface area contributed by atoms with Crippen LogP contribution in [0.1, 0.15) is 19.3 Å². The van der Waals surface area contributed by atoms with Gasteiger partial charge in [-0.3, -0.25) is 0 Å². The van der Waals surface area contributed by atoms with Crippen LogP contribution in [-0.2, 0) is 14.2 Å². The summed E-state index contributed by atoms with van der Waals surface area (Å²) in [6, 6.07) is 0. The molecule has 0 aromatic carbocycles. The van der Waals surface area contributed by atoms with Crippen molar-refractivity contribution in [1.29, 1.82) is 0 Å². The van der Waals surface area contributed by atoms with E-state index in [1.165, 1.54) is 0 Å². The van der Waals surface area contributed by atoms with Gasteiger partial charge in [-0.15, -0.1) is 0 Å². The van der Waals surface area contributed by atoms with Gasteiger partial charge in [0.2, 0.25) is 0 Å². The van der Waals surface area contributed by atoms with E-state index in [4.69, 9.17) is 14.2 Å². The van der Waals surface area contributed by atoms with Crippen LogP contribution in [0.5, 0.6) is 0 Å². The molecule has 0 amide bonds. The minimum absolute atomic E-state index is 0.108. The van der Waals surface area contributed by atoms with E-state index in [0.717, 1.165) is 39.1 Å². The standard InChI is InChI=1S/C8H14O3/c1-4-9-5-2-8(1)3-6-10-7-11-8/h1-7H2. The fraction of sp³-hybridized carbons (Fsp3) is 1.00. The van der Waals surface area contributed by atoms with Crippen LogP contribution in [0.25, 0.3) is 0 Å². The van der Waals surface area contributed by atoms with E-state index in [2.05, 4.69) is 0 Å². The second-order valence-corrected chi connectivity index (χ2v) is 3.22. The quantitative estimate of drug-likeness (QED) is 0.525. The maximum atomic E-state index is 5.60. The molecule has 0 saturated carbocycles. The van der Waals surface area contributed by atoms with Gasteiger partial charge in [0, 0.05) is 32.5 Å². The first-order valence-corrected chi connectivity index (χ1v) is 4.21. The number of hydrogen-bond acceptors (Lipinski definition) is 3. The molecule has 2 aliphatic heterocycles. The van der Waals surface area contributed by atoms with Crippen LogP contribution in [-0.4, -0.2) is 32.2 Å². The summed E-state index contributed by atoms with van der Waals surface area (Å²) < 4.78 is 16.0. The van der Waals surface area contributed by atoms with Crippen molar-refractivity contribution in [3.8, 4) is 0 Å². The highest BCUT2D eigenvalue weighted by molar-refractivity contribution is 4.84. The van der Waals surface area contributed by atoms with Gasteiger partial charge in [-0.2, -0.15) is 0 Å². The second kappa shape index (κ2) is 3.09. The molecule has 0 radical (unpaired) electrons. The molecular formula is C8H14O3. The van der Waals surface area contributed by atoms with E-state index in [-0.39, 0.29) is 5.60 Å². The molecule has 11 heavy (non-hydrogen) atoms. The van der Waals surface area contributed by atoms with E-state index in [1.807, 2.05) is 0 Å². The number of ether oxygens (including phenoxy) is 3. The van der Waals surface area contributed by atoms with Gasteiger partial charge in [-0.1, -0.05) is 0 Å². The second-order valence-electron chi connectivity index (χ2n) is 3.22. The molecular weight excluding hydrogens is 144 g/mol. The summed E-state index contributed by atoms with van der Waals surface area (Å²) in [4.78, 5) is 0. The average Bonchev–Trinajstić information content (AvgIpc) is 2.07. The molecule has 64 valence electrons. The van der Waals surface area contributed by atoms with Crippen molar-refractivity contribution in [3.05, 3.63) is 0 Å². The van der Waals surface area contributed by atoms with Crippen molar-refractivity contribution in [2.24, 2.45) is 0 Å². The Morgan fingerprint density at radius 3 is 2.09 bits per heavy atom. The molecule has 2 aliphatic rings. The molecule has 0 aromatic rings. The van der Waals surface area contributed by atoms with E-state index in [9.17, 15) is 0 Å². The van der Waals surface area contributed by atoms with E-state index >= 15 is 0 Å². The highest BCUT2D eigenvalue weighted by atomic mass is 16.7. The molecule has 0 aromatic heterocycles. The van der Waals surface area contributed by atoms with Crippen LogP contribution in [0.3, 0.4) is 0 Å². The fourth-order valence-electron chi connectivity index (χ4n) is 1.69. The van der Waals surface area contributed by atoms with Gasteiger partial charge in [-0.05, 0) is 0 Å². The third-order valence-electron chi connectivity index (χ3n) is 2.55. The van der Waals surface area contributed by atoms with Gasteiger partial charge in [0.05, 0.1) is 12.2 Å². The third kappa shape index (κ3) is 1.55. The molecule has 0 aliphatic carbocycles. The maximum Gasteiger partial charge on any atom is 0.147 e. The SMILES string of the molecule is C1CC2(CCO1)CCOCO2. The van der Waals surface area contributed by atoms with Crippen LogP contribution in [0.15, 0.2) is 0 Å². The lowest BCUT2D eigenvalue weighted by atomic mass is 9.90. The van der Waals surface area contributed by atoms with Gasteiger partial charge >= 0.3 is 0 Å². The Morgan fingerprint density at radius 1 is 0.818 bits per heavy atom. The molecule has 1 spiro atoms. The molecule has 0 bridgehead atoms. The number of hydrogen-bond donors (Lipinski definition) is 0. The molecule has 0 atom stereocenters. The lowest BCUT2D eigenvalue weighted by molar-refractivity contribution is -0.218. The first-order valence-electron chi connectivity index (χ1n) is 4.21. The molecule has 2 saturated heterocycles. The minimum atomic E-state index is 0.108. The molecule has 0 N–H and O–H groups in total. The molecule has 2 rings (SSSR count). The summed E-state index contributed by atoms with van der Waals surface area (Å²) in [6.07, 6.45) is 3.11. The first-order chi connectivity index (χ1) is 5.41.